The predicted molar refractivity (Wildman–Crippen MR) is 106 cm³/mol. The molecule has 0 saturated heterocycles. The number of hydrogen-bond donors (Lipinski definition) is 1. The van der Waals surface area contributed by atoms with E-state index in [-0.39, 0.29) is 19.1 Å². The van der Waals surface area contributed by atoms with Crippen molar-refractivity contribution in [3.63, 3.8) is 0 Å². The van der Waals surface area contributed by atoms with E-state index in [1.807, 2.05) is 6.92 Å². The Bertz CT molecular complexity index is 818. The number of ether oxygens (including phenoxy) is 2. The summed E-state index contributed by atoms with van der Waals surface area (Å²) in [6, 6.07) is 6.10. The van der Waals surface area contributed by atoms with Gasteiger partial charge in [-0.3, -0.25) is 9.69 Å². The molecule has 3 amide bonds. The smallest absolute Gasteiger partial charge is 0.338 e. The van der Waals surface area contributed by atoms with Gasteiger partial charge in [-0.2, -0.15) is 0 Å². The van der Waals surface area contributed by atoms with E-state index >= 15 is 0 Å². The quantitative estimate of drug-likeness (QED) is 0.675. The number of unbranched alkanes of at least 4 members (excludes halogenated alkanes) is 1. The summed E-state index contributed by atoms with van der Waals surface area (Å²) in [5.41, 5.74) is 1.58. The molecule has 8 heteroatoms. The van der Waals surface area contributed by atoms with E-state index in [2.05, 4.69) is 12.2 Å². The van der Waals surface area contributed by atoms with Crippen molar-refractivity contribution in [1.29, 1.82) is 0 Å². The van der Waals surface area contributed by atoms with E-state index in [0.29, 0.717) is 30.1 Å². The standard InChI is InChI=1S/C21H27N3O5/c1-4-6-11-23(5-2)17(25)12-24-16-13-29-20(26)18(16)19(22-21(24)27)14-7-9-15(28-3)10-8-14/h7-10,19H,4-6,11-13H2,1-3H3,(H,22,27)/t19-/m1/s1. The first kappa shape index (κ1) is 20.7. The number of cyclic esters (lactones) is 1. The molecule has 3 rings (SSSR count). The molecule has 0 aromatic heterocycles. The molecular formula is C21H27N3O5. The molecule has 0 radical (unpaired) electrons. The highest BCUT2D eigenvalue weighted by Gasteiger charge is 2.43. The summed E-state index contributed by atoms with van der Waals surface area (Å²) in [6.45, 7) is 5.07. The Morgan fingerprint density at radius 1 is 1.28 bits per heavy atom. The van der Waals surface area contributed by atoms with Gasteiger partial charge in [-0.25, -0.2) is 9.59 Å². The van der Waals surface area contributed by atoms with Gasteiger partial charge in [0.25, 0.3) is 0 Å². The normalized spacial score (nSPS) is 18.3. The lowest BCUT2D eigenvalue weighted by Crippen LogP contribution is -2.51. The van der Waals surface area contributed by atoms with Crippen molar-refractivity contribution in [2.75, 3.05) is 33.4 Å². The number of carbonyl (C=O) groups excluding carboxylic acids is 3. The number of amides is 3. The van der Waals surface area contributed by atoms with Crippen molar-refractivity contribution in [2.24, 2.45) is 0 Å². The van der Waals surface area contributed by atoms with E-state index in [1.165, 1.54) is 4.90 Å². The van der Waals surface area contributed by atoms with Gasteiger partial charge in [0, 0.05) is 13.1 Å². The van der Waals surface area contributed by atoms with Crippen LogP contribution in [0.3, 0.4) is 0 Å². The lowest BCUT2D eigenvalue weighted by molar-refractivity contribution is -0.136. The van der Waals surface area contributed by atoms with Crippen LogP contribution in [0.4, 0.5) is 4.79 Å². The molecule has 0 saturated carbocycles. The zero-order chi connectivity index (χ0) is 21.0. The second kappa shape index (κ2) is 8.98. The highest BCUT2D eigenvalue weighted by atomic mass is 16.5. The first-order valence-corrected chi connectivity index (χ1v) is 9.90. The van der Waals surface area contributed by atoms with Crippen molar-refractivity contribution >= 4 is 17.9 Å². The molecule has 2 aliphatic rings. The summed E-state index contributed by atoms with van der Waals surface area (Å²) in [5, 5.41) is 2.84. The third kappa shape index (κ3) is 4.21. The van der Waals surface area contributed by atoms with E-state index < -0.39 is 18.0 Å². The summed E-state index contributed by atoms with van der Waals surface area (Å²) in [6.07, 6.45) is 1.88. The fraction of sp³-hybridized carbons (Fsp3) is 0.476. The van der Waals surface area contributed by atoms with Gasteiger partial charge < -0.3 is 19.7 Å². The Morgan fingerprint density at radius 3 is 2.62 bits per heavy atom. The zero-order valence-electron chi connectivity index (χ0n) is 17.1. The van der Waals surface area contributed by atoms with E-state index in [9.17, 15) is 14.4 Å². The minimum absolute atomic E-state index is 0.0113. The first-order valence-electron chi connectivity index (χ1n) is 9.90. The summed E-state index contributed by atoms with van der Waals surface area (Å²) >= 11 is 0. The number of methoxy groups -OCH3 is 1. The van der Waals surface area contributed by atoms with Crippen molar-refractivity contribution in [3.8, 4) is 5.75 Å². The van der Waals surface area contributed by atoms with Gasteiger partial charge in [-0.15, -0.1) is 0 Å². The van der Waals surface area contributed by atoms with Crippen LogP contribution in [0.5, 0.6) is 5.75 Å². The van der Waals surface area contributed by atoms with Crippen LogP contribution in [0.1, 0.15) is 38.3 Å². The summed E-state index contributed by atoms with van der Waals surface area (Å²) < 4.78 is 10.4. The maximum Gasteiger partial charge on any atom is 0.338 e. The van der Waals surface area contributed by atoms with Crippen LogP contribution in [-0.4, -0.2) is 61.1 Å². The highest BCUT2D eigenvalue weighted by molar-refractivity contribution is 5.98. The second-order valence-electron chi connectivity index (χ2n) is 7.01. The van der Waals surface area contributed by atoms with Gasteiger partial charge in [0.2, 0.25) is 5.91 Å². The van der Waals surface area contributed by atoms with Gasteiger partial charge in [-0.1, -0.05) is 25.5 Å². The maximum atomic E-state index is 12.8. The monoisotopic (exact) mass is 401 g/mol. The maximum absolute atomic E-state index is 12.8. The molecule has 1 aromatic carbocycles. The Hall–Kier alpha value is -3.03. The average Bonchev–Trinajstić information content (AvgIpc) is 3.12. The fourth-order valence-corrected chi connectivity index (χ4v) is 3.57. The molecule has 2 heterocycles. The summed E-state index contributed by atoms with van der Waals surface area (Å²) in [4.78, 5) is 41.0. The number of benzene rings is 1. The molecule has 1 atom stereocenters. The molecule has 1 aromatic rings. The number of hydrogen-bond acceptors (Lipinski definition) is 5. The second-order valence-corrected chi connectivity index (χ2v) is 7.01. The van der Waals surface area contributed by atoms with Gasteiger partial charge in [0.15, 0.2) is 0 Å². The number of esters is 1. The minimum Gasteiger partial charge on any atom is -0.497 e. The number of carbonyl (C=O) groups is 3. The van der Waals surface area contributed by atoms with Crippen LogP contribution in [-0.2, 0) is 14.3 Å². The summed E-state index contributed by atoms with van der Waals surface area (Å²) in [5.74, 6) is 0.0554. The highest BCUT2D eigenvalue weighted by Crippen LogP contribution is 2.35. The Kier molecular flexibility index (Phi) is 6.41. The van der Waals surface area contributed by atoms with Crippen molar-refractivity contribution in [3.05, 3.63) is 41.1 Å². The van der Waals surface area contributed by atoms with E-state index in [1.54, 1.807) is 36.3 Å². The van der Waals surface area contributed by atoms with Gasteiger partial charge in [0.05, 0.1) is 24.4 Å². The van der Waals surface area contributed by atoms with Gasteiger partial charge >= 0.3 is 12.0 Å². The van der Waals surface area contributed by atoms with Gasteiger partial charge in [0.1, 0.15) is 18.9 Å². The van der Waals surface area contributed by atoms with Gasteiger partial charge in [-0.05, 0) is 31.0 Å². The van der Waals surface area contributed by atoms with Crippen molar-refractivity contribution in [1.82, 2.24) is 15.1 Å². The molecule has 0 aliphatic carbocycles. The number of nitrogens with one attached hydrogen (secondary N) is 1. The molecule has 0 fully saturated rings. The number of rotatable bonds is 8. The molecule has 29 heavy (non-hydrogen) atoms. The van der Waals surface area contributed by atoms with Crippen LogP contribution in [0.25, 0.3) is 0 Å². The predicted octanol–water partition coefficient (Wildman–Crippen LogP) is 2.22. The number of nitrogens with zero attached hydrogens (tertiary/aromatic N) is 2. The average molecular weight is 401 g/mol. The summed E-state index contributed by atoms with van der Waals surface area (Å²) in [7, 11) is 1.57. The van der Waals surface area contributed by atoms with Crippen LogP contribution in [0.15, 0.2) is 35.5 Å². The molecule has 8 nitrogen and oxygen atoms in total. The number of urea groups is 1. The van der Waals surface area contributed by atoms with Crippen LogP contribution < -0.4 is 10.1 Å². The zero-order valence-corrected chi connectivity index (χ0v) is 17.1. The Balaban J connectivity index is 1.86. The third-order valence-electron chi connectivity index (χ3n) is 5.26. The lowest BCUT2D eigenvalue weighted by Gasteiger charge is -2.33. The molecule has 0 spiro atoms. The van der Waals surface area contributed by atoms with Crippen molar-refractivity contribution < 1.29 is 23.9 Å². The molecule has 2 aliphatic heterocycles. The molecule has 1 N–H and O–H groups in total. The number of likely N-dealkylation sites (N-methyl/N-ethyl adjacent to an activating group) is 1. The lowest BCUT2D eigenvalue weighted by atomic mass is 9.95. The molecule has 0 unspecified atom stereocenters. The molecule has 0 bridgehead atoms. The van der Waals surface area contributed by atoms with Crippen LogP contribution in [0.2, 0.25) is 0 Å². The third-order valence-corrected chi connectivity index (χ3v) is 5.26. The van der Waals surface area contributed by atoms with Crippen LogP contribution >= 0.6 is 0 Å². The SMILES string of the molecule is CCCCN(CC)C(=O)CN1C(=O)N[C@H](c2ccc(OC)cc2)C2=C1COC2=O. The van der Waals surface area contributed by atoms with Crippen LogP contribution in [0, 0.1) is 0 Å². The first-order chi connectivity index (χ1) is 14.0. The Labute approximate surface area is 170 Å². The van der Waals surface area contributed by atoms with Crippen molar-refractivity contribution in [2.45, 2.75) is 32.7 Å². The largest absolute Gasteiger partial charge is 0.497 e. The molecular weight excluding hydrogens is 374 g/mol. The Morgan fingerprint density at radius 2 is 2.00 bits per heavy atom. The van der Waals surface area contributed by atoms with E-state index in [4.69, 9.17) is 9.47 Å². The minimum atomic E-state index is -0.618. The van der Waals surface area contributed by atoms with E-state index in [0.717, 1.165) is 18.4 Å². The fourth-order valence-electron chi connectivity index (χ4n) is 3.57. The topological polar surface area (TPSA) is 88.2 Å². The molecule has 156 valence electrons.